The summed E-state index contributed by atoms with van der Waals surface area (Å²) in [5.41, 5.74) is 6.77. The van der Waals surface area contributed by atoms with Gasteiger partial charge in [0.25, 0.3) is 0 Å². The summed E-state index contributed by atoms with van der Waals surface area (Å²) in [4.78, 5) is 25.9. The minimum atomic E-state index is -1.71. The van der Waals surface area contributed by atoms with Crippen molar-refractivity contribution in [2.75, 3.05) is 13.1 Å². The normalized spacial score (nSPS) is 52.9. The van der Waals surface area contributed by atoms with Crippen molar-refractivity contribution >= 4 is 11.9 Å². The van der Waals surface area contributed by atoms with E-state index in [0.717, 1.165) is 70.6 Å². The van der Waals surface area contributed by atoms with E-state index in [-0.39, 0.29) is 50.7 Å². The molecule has 7 N–H and O–H groups in total. The zero-order valence-corrected chi connectivity index (χ0v) is 30.5. The Balaban J connectivity index is 1.16. The molecule has 2 aliphatic heterocycles. The molecule has 0 aromatic rings. The number of rotatable bonds is 6. The first-order valence-corrected chi connectivity index (χ1v) is 19.2. The van der Waals surface area contributed by atoms with Crippen molar-refractivity contribution in [2.24, 2.45) is 56.5 Å². The van der Waals surface area contributed by atoms with Gasteiger partial charge >= 0.3 is 5.97 Å². The highest BCUT2D eigenvalue weighted by molar-refractivity contribution is 5.84. The Labute approximate surface area is 291 Å². The van der Waals surface area contributed by atoms with Crippen LogP contribution in [-0.4, -0.2) is 87.6 Å². The van der Waals surface area contributed by atoms with Crippen LogP contribution >= 0.6 is 0 Å². The molecule has 15 atom stereocenters. The van der Waals surface area contributed by atoms with Gasteiger partial charge in [-0.3, -0.25) is 4.79 Å². The molecule has 4 saturated carbocycles. The lowest BCUT2D eigenvalue weighted by atomic mass is 9.33. The predicted octanol–water partition coefficient (Wildman–Crippen LogP) is 3.94. The predicted molar refractivity (Wildman–Crippen MR) is 183 cm³/mol. The molecule has 2 saturated heterocycles. The molecule has 276 valence electrons. The molecule has 10 nitrogen and oxygen atoms in total. The van der Waals surface area contributed by atoms with E-state index >= 15 is 0 Å². The second-order valence-corrected chi connectivity index (χ2v) is 19.0. The van der Waals surface area contributed by atoms with Gasteiger partial charge in [-0.1, -0.05) is 46.3 Å². The van der Waals surface area contributed by atoms with Crippen molar-refractivity contribution in [1.82, 2.24) is 5.32 Å². The van der Waals surface area contributed by atoms with E-state index in [9.17, 15) is 30.0 Å². The van der Waals surface area contributed by atoms with Crippen LogP contribution < -0.4 is 11.1 Å². The van der Waals surface area contributed by atoms with Gasteiger partial charge in [0.2, 0.25) is 5.91 Å². The summed E-state index contributed by atoms with van der Waals surface area (Å²) in [7, 11) is 0. The van der Waals surface area contributed by atoms with E-state index < -0.39 is 48.2 Å². The highest BCUT2D eigenvalue weighted by Gasteiger charge is 2.73. The number of carbonyl (C=O) groups excluding carboxylic acids is 1. The van der Waals surface area contributed by atoms with E-state index in [0.29, 0.717) is 19.0 Å². The Morgan fingerprint density at radius 3 is 2.31 bits per heavy atom. The number of amides is 1. The van der Waals surface area contributed by atoms with Crippen molar-refractivity contribution in [3.8, 4) is 0 Å². The number of carboxylic acids is 1. The summed E-state index contributed by atoms with van der Waals surface area (Å²) in [5.74, 6) is -0.113. The summed E-state index contributed by atoms with van der Waals surface area (Å²) in [5, 5.41) is 44.7. The van der Waals surface area contributed by atoms with E-state index in [2.05, 4.69) is 52.9 Å². The molecule has 7 rings (SSSR count). The third-order valence-electron chi connectivity index (χ3n) is 16.4. The highest BCUT2D eigenvalue weighted by Crippen LogP contribution is 2.76. The van der Waals surface area contributed by atoms with Gasteiger partial charge in [0.05, 0.1) is 17.1 Å². The number of allylic oxidation sites excluding steroid dienone is 2. The van der Waals surface area contributed by atoms with E-state index in [1.165, 1.54) is 0 Å². The number of nitrogens with one attached hydrogen (secondary N) is 1. The fourth-order valence-electron chi connectivity index (χ4n) is 13.4. The summed E-state index contributed by atoms with van der Waals surface area (Å²) in [6.07, 6.45) is 5.35. The Morgan fingerprint density at radius 1 is 0.898 bits per heavy atom. The van der Waals surface area contributed by atoms with Gasteiger partial charge in [-0.2, -0.15) is 0 Å². The van der Waals surface area contributed by atoms with E-state index in [4.69, 9.17) is 15.2 Å². The number of fused-ring (bicyclic) bond motifs is 9. The lowest BCUT2D eigenvalue weighted by molar-refractivity contribution is -0.372. The molecular formula is C39H62N2O8. The fraction of sp³-hybridized carbons (Fsp3) is 0.897. The van der Waals surface area contributed by atoms with Gasteiger partial charge in [-0.25, -0.2) is 4.79 Å². The average Bonchev–Trinajstić information content (AvgIpc) is 3.02. The van der Waals surface area contributed by atoms with Gasteiger partial charge in [0.15, 0.2) is 6.10 Å². The molecule has 6 unspecified atom stereocenters. The van der Waals surface area contributed by atoms with Crippen LogP contribution in [-0.2, 0) is 19.1 Å². The summed E-state index contributed by atoms with van der Waals surface area (Å²) >= 11 is 0. The topological polar surface area (TPSA) is 172 Å². The minimum Gasteiger partial charge on any atom is -0.479 e. The standard InChI is InChI=1S/C39H62N2O8/c1-34(2)14-16-39(33(47)41-19-7-18-40)17-15-36(4)21(23(39)20-34)8-9-24-35(3)12-10-22-29(49-38(22,6)25(35)11-13-37(24,36)5)30-27(43)26(42)28(44)31(48-30)32(45)46/h8,22-31,42-44H,7,9-20,40H2,1-6H3,(H,41,47)(H,45,46)/t22-,23?,24?,25?,26?,27?,28+,29-,30-,31?,35-,36-,37-,38-,39+/m1/s1. The number of carboxylic acid groups (broad SMARTS) is 1. The van der Waals surface area contributed by atoms with Crippen LogP contribution in [0.5, 0.6) is 0 Å². The number of hydrogen-bond acceptors (Lipinski definition) is 8. The maximum Gasteiger partial charge on any atom is 0.335 e. The third-order valence-corrected chi connectivity index (χ3v) is 16.4. The molecule has 10 heteroatoms. The van der Waals surface area contributed by atoms with Crippen LogP contribution in [0, 0.1) is 50.7 Å². The molecule has 0 radical (unpaired) electrons. The molecule has 6 fully saturated rings. The molecule has 1 amide bonds. The Hall–Kier alpha value is -1.56. The Kier molecular flexibility index (Phi) is 8.57. The minimum absolute atomic E-state index is 0.00730. The van der Waals surface area contributed by atoms with Gasteiger partial charge in [0.1, 0.15) is 24.4 Å². The molecule has 0 bridgehead atoms. The highest BCUT2D eigenvalue weighted by atomic mass is 16.6. The number of aliphatic hydroxyl groups excluding tert-OH is 3. The largest absolute Gasteiger partial charge is 0.479 e. The lowest BCUT2D eigenvalue weighted by Crippen LogP contribution is -2.76. The van der Waals surface area contributed by atoms with Crippen LogP contribution in [0.1, 0.15) is 112 Å². The monoisotopic (exact) mass is 686 g/mol. The molecule has 0 aromatic carbocycles. The summed E-state index contributed by atoms with van der Waals surface area (Å²) in [6.45, 7) is 15.7. The van der Waals surface area contributed by atoms with Crippen LogP contribution in [0.15, 0.2) is 11.6 Å². The first-order chi connectivity index (χ1) is 22.9. The average molecular weight is 687 g/mol. The van der Waals surface area contributed by atoms with Crippen molar-refractivity contribution < 1.29 is 39.5 Å². The molecule has 5 aliphatic carbocycles. The van der Waals surface area contributed by atoms with E-state index in [1.807, 2.05) is 0 Å². The van der Waals surface area contributed by atoms with Gasteiger partial charge < -0.3 is 41.0 Å². The van der Waals surface area contributed by atoms with Gasteiger partial charge in [-0.05, 0) is 124 Å². The van der Waals surface area contributed by atoms with Gasteiger partial charge in [0, 0.05) is 12.5 Å². The molecule has 0 spiro atoms. The SMILES string of the molecule is CC1(C)CC[C@]2(C(=O)NCCCN)CC[C@]3(C)C(=CCC4[C@@]5(C)CC[C@@H]6[C@H]([C@@H]7OC(C(=O)O)[C@@H](O)C(O)C7O)O[C@@]6(C)C5CC[C@]43C)C2C1. The third kappa shape index (κ3) is 4.86. The molecule has 7 aliphatic rings. The smallest absolute Gasteiger partial charge is 0.335 e. The fourth-order valence-corrected chi connectivity index (χ4v) is 13.4. The number of ether oxygens (including phenoxy) is 2. The zero-order chi connectivity index (χ0) is 35.5. The first-order valence-electron chi connectivity index (χ1n) is 19.2. The van der Waals surface area contributed by atoms with Crippen molar-refractivity contribution in [3.63, 3.8) is 0 Å². The summed E-state index contributed by atoms with van der Waals surface area (Å²) < 4.78 is 12.5. The Bertz CT molecular complexity index is 1390. The zero-order valence-electron chi connectivity index (χ0n) is 30.5. The number of aliphatic carboxylic acids is 1. The van der Waals surface area contributed by atoms with Crippen LogP contribution in [0.4, 0.5) is 0 Å². The van der Waals surface area contributed by atoms with Crippen LogP contribution in [0.3, 0.4) is 0 Å². The number of carbonyl (C=O) groups is 2. The number of hydrogen-bond donors (Lipinski definition) is 6. The molecular weight excluding hydrogens is 624 g/mol. The summed E-state index contributed by atoms with van der Waals surface area (Å²) in [6, 6.07) is 0. The quantitative estimate of drug-likeness (QED) is 0.179. The van der Waals surface area contributed by atoms with Crippen LogP contribution in [0.25, 0.3) is 0 Å². The first kappa shape index (κ1) is 35.8. The Morgan fingerprint density at radius 2 is 1.61 bits per heavy atom. The van der Waals surface area contributed by atoms with Gasteiger partial charge in [-0.15, -0.1) is 0 Å². The van der Waals surface area contributed by atoms with Crippen molar-refractivity contribution in [2.45, 2.75) is 154 Å². The number of aliphatic hydroxyl groups is 3. The molecule has 2 heterocycles. The second kappa shape index (κ2) is 11.7. The number of nitrogens with two attached hydrogens (primary N) is 1. The van der Waals surface area contributed by atoms with Crippen molar-refractivity contribution in [3.05, 3.63) is 11.6 Å². The second-order valence-electron chi connectivity index (χ2n) is 19.0. The molecule has 49 heavy (non-hydrogen) atoms. The maximum atomic E-state index is 14.1. The molecule has 0 aromatic heterocycles. The lowest BCUT2D eigenvalue weighted by Gasteiger charge is -2.74. The van der Waals surface area contributed by atoms with Crippen LogP contribution in [0.2, 0.25) is 0 Å². The van der Waals surface area contributed by atoms with E-state index in [1.54, 1.807) is 5.57 Å². The van der Waals surface area contributed by atoms with Crippen molar-refractivity contribution in [1.29, 1.82) is 0 Å². The maximum absolute atomic E-state index is 14.1.